The number of morpholine rings is 1. The molecule has 2 heterocycles. The average Bonchev–Trinajstić information content (AvgIpc) is 2.46. The van der Waals surface area contributed by atoms with Crippen molar-refractivity contribution in [1.82, 2.24) is 9.88 Å². The van der Waals surface area contributed by atoms with Gasteiger partial charge in [-0.3, -0.25) is 15.6 Å². The summed E-state index contributed by atoms with van der Waals surface area (Å²) in [7, 11) is 0. The van der Waals surface area contributed by atoms with Crippen molar-refractivity contribution >= 4 is 11.6 Å². The lowest BCUT2D eigenvalue weighted by Crippen LogP contribution is -2.48. The van der Waals surface area contributed by atoms with E-state index in [9.17, 15) is 4.79 Å². The lowest BCUT2D eigenvalue weighted by Gasteiger charge is -2.35. The van der Waals surface area contributed by atoms with E-state index in [4.69, 9.17) is 10.6 Å². The number of ether oxygens (including phenoxy) is 1. The SMILES string of the molecule is CCC1COCCN1C(=O)c1cnccc1NN. The molecule has 18 heavy (non-hydrogen) atoms. The van der Waals surface area contributed by atoms with Crippen LogP contribution in [-0.2, 0) is 4.74 Å². The van der Waals surface area contributed by atoms with Crippen LogP contribution in [0.5, 0.6) is 0 Å². The summed E-state index contributed by atoms with van der Waals surface area (Å²) in [5.41, 5.74) is 3.62. The summed E-state index contributed by atoms with van der Waals surface area (Å²) in [5, 5.41) is 0. The second kappa shape index (κ2) is 5.79. The highest BCUT2D eigenvalue weighted by Gasteiger charge is 2.28. The number of nitrogens with zero attached hydrogens (tertiary/aromatic N) is 2. The van der Waals surface area contributed by atoms with Gasteiger partial charge in [0.25, 0.3) is 5.91 Å². The predicted octanol–water partition coefficient (Wildman–Crippen LogP) is 0.618. The number of carbonyl (C=O) groups is 1. The van der Waals surface area contributed by atoms with E-state index in [1.165, 1.54) is 0 Å². The first-order chi connectivity index (χ1) is 8.77. The summed E-state index contributed by atoms with van der Waals surface area (Å²) < 4.78 is 5.40. The summed E-state index contributed by atoms with van der Waals surface area (Å²) in [6.07, 6.45) is 4.01. The molecule has 1 fully saturated rings. The molecule has 1 aliphatic rings. The molecule has 1 aromatic heterocycles. The molecule has 0 aromatic carbocycles. The maximum atomic E-state index is 12.5. The molecule has 2 rings (SSSR count). The van der Waals surface area contributed by atoms with Crippen LogP contribution in [0.3, 0.4) is 0 Å². The number of carbonyl (C=O) groups excluding carboxylic acids is 1. The normalized spacial score (nSPS) is 19.7. The zero-order chi connectivity index (χ0) is 13.0. The molecule has 6 nitrogen and oxygen atoms in total. The van der Waals surface area contributed by atoms with Crippen LogP contribution in [0, 0.1) is 0 Å². The smallest absolute Gasteiger partial charge is 0.257 e. The van der Waals surface area contributed by atoms with Crippen molar-refractivity contribution in [3.8, 4) is 0 Å². The molecule has 1 unspecified atom stereocenters. The molecule has 1 amide bonds. The number of nitrogens with one attached hydrogen (secondary N) is 1. The van der Waals surface area contributed by atoms with E-state index in [0.717, 1.165) is 6.42 Å². The Hall–Kier alpha value is -1.66. The first-order valence-electron chi connectivity index (χ1n) is 6.07. The van der Waals surface area contributed by atoms with Gasteiger partial charge in [0, 0.05) is 18.9 Å². The number of hydrogen-bond acceptors (Lipinski definition) is 5. The van der Waals surface area contributed by atoms with Crippen LogP contribution in [-0.4, -0.2) is 41.6 Å². The molecule has 0 aliphatic carbocycles. The van der Waals surface area contributed by atoms with Crippen molar-refractivity contribution in [1.29, 1.82) is 0 Å². The van der Waals surface area contributed by atoms with Gasteiger partial charge >= 0.3 is 0 Å². The van der Waals surface area contributed by atoms with Gasteiger partial charge < -0.3 is 15.1 Å². The van der Waals surface area contributed by atoms with Gasteiger partial charge in [-0.15, -0.1) is 0 Å². The lowest BCUT2D eigenvalue weighted by molar-refractivity contribution is -0.00277. The Morgan fingerprint density at radius 3 is 3.28 bits per heavy atom. The summed E-state index contributed by atoms with van der Waals surface area (Å²) in [4.78, 5) is 18.3. The van der Waals surface area contributed by atoms with E-state index < -0.39 is 0 Å². The van der Waals surface area contributed by atoms with Gasteiger partial charge in [-0.25, -0.2) is 0 Å². The van der Waals surface area contributed by atoms with Crippen LogP contribution >= 0.6 is 0 Å². The van der Waals surface area contributed by atoms with E-state index in [1.54, 1.807) is 18.5 Å². The Labute approximate surface area is 106 Å². The molecule has 0 spiro atoms. The minimum Gasteiger partial charge on any atom is -0.377 e. The van der Waals surface area contributed by atoms with Crippen LogP contribution in [0.2, 0.25) is 0 Å². The van der Waals surface area contributed by atoms with Crippen molar-refractivity contribution in [3.05, 3.63) is 24.0 Å². The number of hydrazine groups is 1. The number of hydrogen-bond donors (Lipinski definition) is 2. The highest BCUT2D eigenvalue weighted by molar-refractivity contribution is 5.99. The standard InChI is InChI=1S/C12H18N4O2/c1-2-9-8-18-6-5-16(9)12(17)10-7-14-4-3-11(10)15-13/h3-4,7,9H,2,5-6,8,13H2,1H3,(H,14,15). The van der Waals surface area contributed by atoms with Gasteiger partial charge in [0.05, 0.1) is 30.5 Å². The number of aromatic nitrogens is 1. The fraction of sp³-hybridized carbons (Fsp3) is 0.500. The molecule has 0 radical (unpaired) electrons. The molecule has 1 atom stereocenters. The van der Waals surface area contributed by atoms with E-state index in [0.29, 0.717) is 31.0 Å². The summed E-state index contributed by atoms with van der Waals surface area (Å²) in [6.45, 7) is 3.82. The van der Waals surface area contributed by atoms with Crippen LogP contribution < -0.4 is 11.3 Å². The molecule has 1 aliphatic heterocycles. The van der Waals surface area contributed by atoms with Gasteiger partial charge in [0.15, 0.2) is 0 Å². The molecule has 98 valence electrons. The number of amides is 1. The van der Waals surface area contributed by atoms with Gasteiger partial charge in [0.1, 0.15) is 0 Å². The van der Waals surface area contributed by atoms with E-state index in [1.807, 2.05) is 11.8 Å². The number of pyridine rings is 1. The third-order valence-electron chi connectivity index (χ3n) is 3.17. The molecular weight excluding hydrogens is 232 g/mol. The highest BCUT2D eigenvalue weighted by Crippen LogP contribution is 2.19. The van der Waals surface area contributed by atoms with Gasteiger partial charge in [-0.1, -0.05) is 6.92 Å². The monoisotopic (exact) mass is 250 g/mol. The maximum Gasteiger partial charge on any atom is 0.257 e. The Morgan fingerprint density at radius 1 is 1.72 bits per heavy atom. The molecular formula is C12H18N4O2. The molecule has 1 saturated heterocycles. The van der Waals surface area contributed by atoms with Gasteiger partial charge in [0.2, 0.25) is 0 Å². The minimum atomic E-state index is -0.0498. The van der Waals surface area contributed by atoms with E-state index >= 15 is 0 Å². The Bertz CT molecular complexity index is 424. The third kappa shape index (κ3) is 2.44. The highest BCUT2D eigenvalue weighted by atomic mass is 16.5. The van der Waals surface area contributed by atoms with Crippen molar-refractivity contribution in [3.63, 3.8) is 0 Å². The fourth-order valence-electron chi connectivity index (χ4n) is 2.11. The predicted molar refractivity (Wildman–Crippen MR) is 68.0 cm³/mol. The molecule has 1 aromatic rings. The van der Waals surface area contributed by atoms with Gasteiger partial charge in [-0.05, 0) is 12.5 Å². The quantitative estimate of drug-likeness (QED) is 0.607. The van der Waals surface area contributed by atoms with Crippen molar-refractivity contribution in [2.24, 2.45) is 5.84 Å². The van der Waals surface area contributed by atoms with Crippen LogP contribution in [0.25, 0.3) is 0 Å². The van der Waals surface area contributed by atoms with Crippen LogP contribution in [0.1, 0.15) is 23.7 Å². The lowest BCUT2D eigenvalue weighted by atomic mass is 10.1. The first kappa shape index (κ1) is 12.8. The van der Waals surface area contributed by atoms with Crippen molar-refractivity contribution < 1.29 is 9.53 Å². The number of rotatable bonds is 3. The second-order valence-electron chi connectivity index (χ2n) is 4.20. The Morgan fingerprint density at radius 2 is 2.56 bits per heavy atom. The van der Waals surface area contributed by atoms with Crippen molar-refractivity contribution in [2.75, 3.05) is 25.2 Å². The summed E-state index contributed by atoms with van der Waals surface area (Å²) >= 11 is 0. The van der Waals surface area contributed by atoms with Crippen LogP contribution in [0.15, 0.2) is 18.5 Å². The zero-order valence-electron chi connectivity index (χ0n) is 10.4. The largest absolute Gasteiger partial charge is 0.377 e. The first-order valence-corrected chi connectivity index (χ1v) is 6.07. The minimum absolute atomic E-state index is 0.0498. The van der Waals surface area contributed by atoms with Crippen molar-refractivity contribution in [2.45, 2.75) is 19.4 Å². The van der Waals surface area contributed by atoms with Gasteiger partial charge in [-0.2, -0.15) is 0 Å². The molecule has 0 bridgehead atoms. The molecule has 0 saturated carbocycles. The topological polar surface area (TPSA) is 80.5 Å². The van der Waals surface area contributed by atoms with E-state index in [2.05, 4.69) is 10.4 Å². The molecule has 3 N–H and O–H groups in total. The number of nitrogen functional groups attached to an aromatic ring is 1. The summed E-state index contributed by atoms with van der Waals surface area (Å²) in [6, 6.07) is 1.81. The number of anilines is 1. The maximum absolute atomic E-state index is 12.5. The zero-order valence-corrected chi connectivity index (χ0v) is 10.4. The van der Waals surface area contributed by atoms with E-state index in [-0.39, 0.29) is 11.9 Å². The average molecular weight is 250 g/mol. The van der Waals surface area contributed by atoms with Crippen LogP contribution in [0.4, 0.5) is 5.69 Å². The fourth-order valence-corrected chi connectivity index (χ4v) is 2.11. The Kier molecular flexibility index (Phi) is 4.11. The summed E-state index contributed by atoms with van der Waals surface area (Å²) in [5.74, 6) is 5.36. The number of nitrogens with two attached hydrogens (primary N) is 1. The second-order valence-corrected chi connectivity index (χ2v) is 4.20. The third-order valence-corrected chi connectivity index (χ3v) is 3.17. The Balaban J connectivity index is 2.24. The molecule has 6 heteroatoms.